The lowest BCUT2D eigenvalue weighted by molar-refractivity contribution is -0.146. The monoisotopic (exact) mass is 319 g/mol. The van der Waals surface area contributed by atoms with Crippen LogP contribution in [0.2, 0.25) is 0 Å². The lowest BCUT2D eigenvalue weighted by Gasteiger charge is -2.04. The molecule has 0 heterocycles. The predicted octanol–water partition coefficient (Wildman–Crippen LogP) is 0.109. The van der Waals surface area contributed by atoms with Crippen molar-refractivity contribution in [1.82, 2.24) is 0 Å². The number of phosphoric acid groups is 1. The Bertz CT molecular complexity index is 477. The Hall–Kier alpha value is -1.57. The zero-order valence-electron chi connectivity index (χ0n) is 11.2. The summed E-state index contributed by atoms with van der Waals surface area (Å²) in [6.07, 6.45) is 0.257. The fourth-order valence-electron chi connectivity index (χ4n) is 1.15. The van der Waals surface area contributed by atoms with Crippen LogP contribution in [0, 0.1) is 0 Å². The van der Waals surface area contributed by atoms with Gasteiger partial charge in [-0.3, -0.25) is 9.59 Å². The molecule has 21 heavy (non-hydrogen) atoms. The molecule has 0 spiro atoms. The summed E-state index contributed by atoms with van der Waals surface area (Å²) < 4.78 is 13.9. The van der Waals surface area contributed by atoms with E-state index in [1.165, 1.54) is 0 Å². The van der Waals surface area contributed by atoms with E-state index in [-0.39, 0.29) is 37.7 Å². The van der Waals surface area contributed by atoms with Gasteiger partial charge in [0.2, 0.25) is 0 Å². The van der Waals surface area contributed by atoms with Crippen molar-refractivity contribution in [3.05, 3.63) is 35.9 Å². The molecule has 0 fully saturated rings. The highest BCUT2D eigenvalue weighted by molar-refractivity contribution is 7.45. The van der Waals surface area contributed by atoms with E-state index >= 15 is 0 Å². The van der Waals surface area contributed by atoms with Crippen LogP contribution in [0.15, 0.2) is 30.3 Å². The number of rotatable bonds is 6. The Balaban J connectivity index is 0.000000690. The highest BCUT2D eigenvalue weighted by Crippen LogP contribution is 2.25. The van der Waals surface area contributed by atoms with Crippen molar-refractivity contribution in [3.63, 3.8) is 0 Å². The van der Waals surface area contributed by atoms with Gasteiger partial charge in [-0.25, -0.2) is 4.57 Å². The Labute approximate surface area is 121 Å². The first-order valence-corrected chi connectivity index (χ1v) is 7.48. The average Bonchev–Trinajstić information content (AvgIpc) is 2.41. The Kier molecular flexibility index (Phi) is 9.44. The third-order valence-electron chi connectivity index (χ3n) is 2.08. The normalized spacial score (nSPS) is 10.3. The van der Waals surface area contributed by atoms with Crippen molar-refractivity contribution in [2.24, 2.45) is 5.73 Å². The second-order valence-electron chi connectivity index (χ2n) is 3.90. The number of benzene rings is 1. The molecule has 0 saturated carbocycles. The minimum Gasteiger partial charge on any atom is -0.461 e. The average molecular weight is 319 g/mol. The van der Waals surface area contributed by atoms with E-state index in [4.69, 9.17) is 29.7 Å². The van der Waals surface area contributed by atoms with Crippen LogP contribution in [0.25, 0.3) is 0 Å². The van der Waals surface area contributed by atoms with Crippen molar-refractivity contribution >= 4 is 19.6 Å². The molecule has 0 radical (unpaired) electrons. The molecule has 0 atom stereocenters. The number of ether oxygens (including phenoxy) is 1. The molecule has 0 saturated heterocycles. The van der Waals surface area contributed by atoms with Gasteiger partial charge < -0.3 is 25.2 Å². The van der Waals surface area contributed by atoms with Gasteiger partial charge in [-0.05, 0) is 5.56 Å². The summed E-state index contributed by atoms with van der Waals surface area (Å²) in [5.41, 5.74) is 6.05. The summed E-state index contributed by atoms with van der Waals surface area (Å²) in [5, 5.41) is 0. The van der Waals surface area contributed by atoms with E-state index in [1.54, 1.807) is 0 Å². The Morgan fingerprint density at radius 1 is 1.10 bits per heavy atom. The summed E-state index contributed by atoms with van der Waals surface area (Å²) in [6, 6.07) is 9.39. The third kappa shape index (κ3) is 14.6. The van der Waals surface area contributed by atoms with Crippen molar-refractivity contribution in [2.45, 2.75) is 19.4 Å². The van der Waals surface area contributed by atoms with E-state index in [9.17, 15) is 9.59 Å². The minimum absolute atomic E-state index is 0.0219. The number of hydrogen-bond acceptors (Lipinski definition) is 5. The molecule has 0 bridgehead atoms. The van der Waals surface area contributed by atoms with Crippen molar-refractivity contribution < 1.29 is 33.6 Å². The number of carbonyl (C=O) groups is 2. The molecule has 9 heteroatoms. The molecule has 1 rings (SSSR count). The first-order chi connectivity index (χ1) is 9.72. The van der Waals surface area contributed by atoms with E-state index in [2.05, 4.69) is 0 Å². The first kappa shape index (κ1) is 19.4. The molecule has 1 aromatic carbocycles. The molecule has 0 aliphatic carbocycles. The van der Waals surface area contributed by atoms with Crippen molar-refractivity contribution in [3.8, 4) is 0 Å². The highest BCUT2D eigenvalue weighted by atomic mass is 31.2. The molecular weight excluding hydrogens is 301 g/mol. The largest absolute Gasteiger partial charge is 0.466 e. The molecule has 5 N–H and O–H groups in total. The van der Waals surface area contributed by atoms with Gasteiger partial charge in [0.15, 0.2) is 0 Å². The number of nitrogens with two attached hydrogens (primary N) is 1. The number of hydrogen-bond donors (Lipinski definition) is 4. The lowest BCUT2D eigenvalue weighted by atomic mass is 10.2. The lowest BCUT2D eigenvalue weighted by Crippen LogP contribution is -2.15. The number of ketones is 1. The highest BCUT2D eigenvalue weighted by Gasteiger charge is 2.06. The number of esters is 1. The zero-order chi connectivity index (χ0) is 16.3. The van der Waals surface area contributed by atoms with Gasteiger partial charge in [-0.15, -0.1) is 0 Å². The summed E-state index contributed by atoms with van der Waals surface area (Å²) in [5.74, 6) is -0.498. The van der Waals surface area contributed by atoms with Crippen molar-refractivity contribution in [1.29, 1.82) is 0 Å². The quantitative estimate of drug-likeness (QED) is 0.426. The molecule has 0 amide bonds. The van der Waals surface area contributed by atoms with E-state index in [1.807, 2.05) is 30.3 Å². The summed E-state index contributed by atoms with van der Waals surface area (Å²) in [6.45, 7) is 0.225. The summed E-state index contributed by atoms with van der Waals surface area (Å²) in [4.78, 5) is 43.6. The summed E-state index contributed by atoms with van der Waals surface area (Å²) >= 11 is 0. The van der Waals surface area contributed by atoms with Gasteiger partial charge in [0.1, 0.15) is 12.4 Å². The molecule has 0 unspecified atom stereocenters. The maximum absolute atomic E-state index is 11.2. The molecule has 8 nitrogen and oxygen atoms in total. The Morgan fingerprint density at radius 2 is 1.62 bits per heavy atom. The molecule has 1 aromatic rings. The van der Waals surface area contributed by atoms with Gasteiger partial charge in [0.05, 0.1) is 13.0 Å². The zero-order valence-corrected chi connectivity index (χ0v) is 12.1. The second-order valence-corrected chi connectivity index (χ2v) is 4.93. The summed E-state index contributed by atoms with van der Waals surface area (Å²) in [7, 11) is -4.64. The van der Waals surface area contributed by atoms with Gasteiger partial charge in [-0.2, -0.15) is 0 Å². The third-order valence-corrected chi connectivity index (χ3v) is 2.08. The van der Waals surface area contributed by atoms with E-state index in [0.29, 0.717) is 0 Å². The fourth-order valence-corrected chi connectivity index (χ4v) is 1.15. The van der Waals surface area contributed by atoms with Crippen molar-refractivity contribution in [2.75, 3.05) is 6.54 Å². The van der Waals surface area contributed by atoms with Crippen LogP contribution in [0.4, 0.5) is 0 Å². The van der Waals surface area contributed by atoms with Gasteiger partial charge in [0, 0.05) is 6.42 Å². The predicted molar refractivity (Wildman–Crippen MR) is 73.8 cm³/mol. The fraction of sp³-hybridized carbons (Fsp3) is 0.333. The molecule has 0 aromatic heterocycles. The maximum atomic E-state index is 11.2. The number of carbonyl (C=O) groups excluding carboxylic acids is 2. The molecule has 0 aliphatic heterocycles. The SMILES string of the molecule is NCC(=O)CCC(=O)OCc1ccccc1.O=P(O)(O)O. The molecular formula is C12H18NO7P. The van der Waals surface area contributed by atoms with E-state index in [0.717, 1.165) is 5.56 Å². The van der Waals surface area contributed by atoms with Gasteiger partial charge in [0.25, 0.3) is 0 Å². The first-order valence-electron chi connectivity index (χ1n) is 5.92. The van der Waals surface area contributed by atoms with Crippen LogP contribution < -0.4 is 5.73 Å². The second kappa shape index (κ2) is 10.2. The topological polar surface area (TPSA) is 147 Å². The van der Waals surface area contributed by atoms with Crippen LogP contribution >= 0.6 is 7.82 Å². The van der Waals surface area contributed by atoms with Crippen LogP contribution in [0.3, 0.4) is 0 Å². The van der Waals surface area contributed by atoms with Gasteiger partial charge in [-0.1, -0.05) is 30.3 Å². The maximum Gasteiger partial charge on any atom is 0.466 e. The smallest absolute Gasteiger partial charge is 0.461 e. The van der Waals surface area contributed by atoms with Crippen LogP contribution in [-0.2, 0) is 25.5 Å². The molecule has 118 valence electrons. The van der Waals surface area contributed by atoms with Crippen LogP contribution in [0.1, 0.15) is 18.4 Å². The van der Waals surface area contributed by atoms with Crippen LogP contribution in [-0.4, -0.2) is 33.0 Å². The van der Waals surface area contributed by atoms with Gasteiger partial charge >= 0.3 is 13.8 Å². The standard InChI is InChI=1S/C12H15NO3.H3O4P/c13-8-11(14)6-7-12(15)16-9-10-4-2-1-3-5-10;1-5(2,3)4/h1-5H,6-9,13H2;(H3,1,2,3,4). The number of Topliss-reactive ketones (excluding diaryl/α,β-unsaturated/α-hetero) is 1. The minimum atomic E-state index is -4.64. The van der Waals surface area contributed by atoms with E-state index < -0.39 is 7.82 Å². The molecule has 0 aliphatic rings. The Morgan fingerprint density at radius 3 is 2.10 bits per heavy atom. The van der Waals surface area contributed by atoms with Crippen LogP contribution in [0.5, 0.6) is 0 Å².